The van der Waals surface area contributed by atoms with E-state index in [4.69, 9.17) is 55.6 Å². The number of hydrogen-bond acceptors (Lipinski definition) is 3. The highest BCUT2D eigenvalue weighted by Gasteiger charge is 2.07. The molecular weight excluding hydrogens is 430 g/mol. The molecular formula is C20H12Cl4O3. The van der Waals surface area contributed by atoms with Crippen molar-refractivity contribution in [1.29, 1.82) is 0 Å². The van der Waals surface area contributed by atoms with E-state index >= 15 is 0 Å². The monoisotopic (exact) mass is 440 g/mol. The summed E-state index contributed by atoms with van der Waals surface area (Å²) in [6.07, 6.45) is 2.97. The summed E-state index contributed by atoms with van der Waals surface area (Å²) in [5, 5.41) is 1.71. The van der Waals surface area contributed by atoms with Crippen LogP contribution in [0.2, 0.25) is 20.1 Å². The van der Waals surface area contributed by atoms with Crippen molar-refractivity contribution >= 4 is 58.3 Å². The maximum absolute atomic E-state index is 12.2. The number of furan rings is 1. The van der Waals surface area contributed by atoms with Crippen LogP contribution in [0.3, 0.4) is 0 Å². The first-order chi connectivity index (χ1) is 12.9. The van der Waals surface area contributed by atoms with Crippen molar-refractivity contribution in [3.05, 3.63) is 91.8 Å². The molecule has 0 saturated carbocycles. The Kier molecular flexibility index (Phi) is 6.51. The third-order valence-electron chi connectivity index (χ3n) is 3.55. The van der Waals surface area contributed by atoms with Crippen molar-refractivity contribution in [2.75, 3.05) is 0 Å². The van der Waals surface area contributed by atoms with Gasteiger partial charge in [-0.25, -0.2) is 0 Å². The molecule has 0 fully saturated rings. The second-order valence-electron chi connectivity index (χ2n) is 5.49. The van der Waals surface area contributed by atoms with Crippen molar-refractivity contribution < 1.29 is 13.9 Å². The van der Waals surface area contributed by atoms with Crippen LogP contribution in [0.1, 0.15) is 21.9 Å². The molecule has 1 heterocycles. The zero-order valence-electron chi connectivity index (χ0n) is 13.7. The Morgan fingerprint density at radius 2 is 1.70 bits per heavy atom. The molecule has 7 heteroatoms. The van der Waals surface area contributed by atoms with Crippen molar-refractivity contribution in [3.8, 4) is 5.75 Å². The quantitative estimate of drug-likeness (QED) is 0.296. The number of ketones is 1. The average molecular weight is 442 g/mol. The average Bonchev–Trinajstić information content (AvgIpc) is 3.10. The van der Waals surface area contributed by atoms with Gasteiger partial charge in [-0.15, -0.1) is 0 Å². The van der Waals surface area contributed by atoms with Crippen molar-refractivity contribution in [3.63, 3.8) is 0 Å². The van der Waals surface area contributed by atoms with E-state index in [9.17, 15) is 4.79 Å². The number of benzene rings is 2. The summed E-state index contributed by atoms with van der Waals surface area (Å²) in [7, 11) is 0. The van der Waals surface area contributed by atoms with E-state index in [2.05, 4.69) is 0 Å². The van der Waals surface area contributed by atoms with Gasteiger partial charge < -0.3 is 9.15 Å². The molecule has 0 N–H and O–H groups in total. The minimum absolute atomic E-state index is 0.175. The van der Waals surface area contributed by atoms with Gasteiger partial charge in [0.1, 0.15) is 23.9 Å². The molecule has 2 aromatic carbocycles. The summed E-state index contributed by atoms with van der Waals surface area (Å²) >= 11 is 23.8. The van der Waals surface area contributed by atoms with Gasteiger partial charge in [0.15, 0.2) is 5.78 Å². The molecule has 0 aliphatic carbocycles. The summed E-state index contributed by atoms with van der Waals surface area (Å²) in [5.41, 5.74) is 0.436. The molecule has 0 aliphatic heterocycles. The van der Waals surface area contributed by atoms with Gasteiger partial charge >= 0.3 is 0 Å². The number of carbonyl (C=O) groups excluding carboxylic acids is 1. The van der Waals surface area contributed by atoms with Gasteiger partial charge in [-0.3, -0.25) is 4.79 Å². The van der Waals surface area contributed by atoms with Crippen LogP contribution in [0.4, 0.5) is 0 Å². The van der Waals surface area contributed by atoms with Crippen LogP contribution in [-0.2, 0) is 6.61 Å². The second kappa shape index (κ2) is 8.85. The van der Waals surface area contributed by atoms with Gasteiger partial charge in [0, 0.05) is 16.7 Å². The van der Waals surface area contributed by atoms with Gasteiger partial charge in [-0.2, -0.15) is 0 Å². The molecule has 27 heavy (non-hydrogen) atoms. The number of rotatable bonds is 6. The van der Waals surface area contributed by atoms with E-state index in [1.807, 2.05) is 0 Å². The van der Waals surface area contributed by atoms with E-state index in [0.29, 0.717) is 42.9 Å². The Balaban J connectivity index is 1.63. The van der Waals surface area contributed by atoms with Crippen LogP contribution >= 0.6 is 46.4 Å². The Morgan fingerprint density at radius 1 is 0.926 bits per heavy atom. The first kappa shape index (κ1) is 19.8. The van der Waals surface area contributed by atoms with E-state index in [1.165, 1.54) is 12.1 Å². The lowest BCUT2D eigenvalue weighted by atomic mass is 10.1. The second-order valence-corrected chi connectivity index (χ2v) is 7.15. The molecule has 0 aliphatic rings. The molecule has 0 atom stereocenters. The minimum atomic E-state index is -0.214. The van der Waals surface area contributed by atoms with Crippen LogP contribution in [0.15, 0.2) is 59.0 Å². The Bertz CT molecular complexity index is 1010. The van der Waals surface area contributed by atoms with Crippen molar-refractivity contribution in [1.82, 2.24) is 0 Å². The first-order valence-electron chi connectivity index (χ1n) is 7.76. The summed E-state index contributed by atoms with van der Waals surface area (Å²) in [4.78, 5) is 12.2. The van der Waals surface area contributed by atoms with E-state index < -0.39 is 0 Å². The zero-order chi connectivity index (χ0) is 19.4. The summed E-state index contributed by atoms with van der Waals surface area (Å²) < 4.78 is 11.2. The lowest BCUT2D eigenvalue weighted by Crippen LogP contribution is -1.94. The molecule has 0 saturated heterocycles. The molecule has 3 nitrogen and oxygen atoms in total. The molecule has 138 valence electrons. The standard InChI is InChI=1S/C20H12Cl4O3/c21-13-2-7-17(23)20(10-13)26-11-15-4-3-14(27-15)5-8-19(25)12-1-6-16(22)18(24)9-12/h1-10H,11H2/b8-5+. The highest BCUT2D eigenvalue weighted by atomic mass is 35.5. The number of halogens is 4. The van der Waals surface area contributed by atoms with Crippen molar-refractivity contribution in [2.24, 2.45) is 0 Å². The molecule has 1 aromatic heterocycles. The van der Waals surface area contributed by atoms with Gasteiger partial charge in [-0.1, -0.05) is 46.4 Å². The Morgan fingerprint density at radius 3 is 2.48 bits per heavy atom. The Hall–Kier alpha value is -1.91. The lowest BCUT2D eigenvalue weighted by Gasteiger charge is -2.06. The highest BCUT2D eigenvalue weighted by molar-refractivity contribution is 6.42. The fourth-order valence-corrected chi connectivity index (χ4v) is 2.83. The maximum atomic E-state index is 12.2. The largest absolute Gasteiger partial charge is 0.484 e. The lowest BCUT2D eigenvalue weighted by molar-refractivity contribution is 0.104. The normalized spacial score (nSPS) is 11.1. The number of hydrogen-bond donors (Lipinski definition) is 0. The van der Waals surface area contributed by atoms with Crippen LogP contribution in [-0.4, -0.2) is 5.78 Å². The smallest absolute Gasteiger partial charge is 0.186 e. The van der Waals surface area contributed by atoms with Gasteiger partial charge in [0.2, 0.25) is 0 Å². The van der Waals surface area contributed by atoms with E-state index in [0.717, 1.165) is 0 Å². The molecule has 0 unspecified atom stereocenters. The van der Waals surface area contributed by atoms with Crippen molar-refractivity contribution in [2.45, 2.75) is 6.61 Å². The number of ether oxygens (including phenoxy) is 1. The summed E-state index contributed by atoms with van der Waals surface area (Å²) in [5.74, 6) is 1.34. The molecule has 0 bridgehead atoms. The van der Waals surface area contributed by atoms with E-state index in [-0.39, 0.29) is 12.4 Å². The fourth-order valence-electron chi connectivity index (χ4n) is 2.20. The highest BCUT2D eigenvalue weighted by Crippen LogP contribution is 2.28. The Labute approximate surface area is 176 Å². The fraction of sp³-hybridized carbons (Fsp3) is 0.0500. The molecule has 3 rings (SSSR count). The topological polar surface area (TPSA) is 39.4 Å². The summed E-state index contributed by atoms with van der Waals surface area (Å²) in [6, 6.07) is 13.2. The third kappa shape index (κ3) is 5.30. The number of allylic oxidation sites excluding steroid dienone is 1. The third-order valence-corrected chi connectivity index (χ3v) is 4.84. The molecule has 3 aromatic rings. The number of carbonyl (C=O) groups is 1. The van der Waals surface area contributed by atoms with Gasteiger partial charge in [0.25, 0.3) is 0 Å². The predicted octanol–water partition coefficient (Wildman–Crippen LogP) is 7.37. The SMILES string of the molecule is O=C(/C=C/c1ccc(COc2cc(Cl)ccc2Cl)o1)c1ccc(Cl)c(Cl)c1. The van der Waals surface area contributed by atoms with Gasteiger partial charge in [-0.05, 0) is 54.6 Å². The zero-order valence-corrected chi connectivity index (χ0v) is 16.7. The maximum Gasteiger partial charge on any atom is 0.186 e. The summed E-state index contributed by atoms with van der Waals surface area (Å²) in [6.45, 7) is 0.175. The van der Waals surface area contributed by atoms with Crippen LogP contribution in [0.5, 0.6) is 5.75 Å². The minimum Gasteiger partial charge on any atom is -0.484 e. The van der Waals surface area contributed by atoms with Crippen LogP contribution < -0.4 is 4.74 Å². The van der Waals surface area contributed by atoms with Crippen LogP contribution in [0.25, 0.3) is 6.08 Å². The van der Waals surface area contributed by atoms with E-state index in [1.54, 1.807) is 48.5 Å². The van der Waals surface area contributed by atoms with Gasteiger partial charge in [0.05, 0.1) is 15.1 Å². The van der Waals surface area contributed by atoms with Crippen LogP contribution in [0, 0.1) is 0 Å². The molecule has 0 spiro atoms. The predicted molar refractivity (Wildman–Crippen MR) is 109 cm³/mol. The molecule has 0 amide bonds. The first-order valence-corrected chi connectivity index (χ1v) is 9.27. The molecule has 0 radical (unpaired) electrons.